The molecule has 1 aliphatic rings. The van der Waals surface area contributed by atoms with Gasteiger partial charge >= 0.3 is 0 Å². The van der Waals surface area contributed by atoms with Crippen molar-refractivity contribution < 1.29 is 13.2 Å². The minimum absolute atomic E-state index is 0.116. The minimum Gasteiger partial charge on any atom is -0.349 e. The molecule has 1 aliphatic heterocycles. The third-order valence-electron chi connectivity index (χ3n) is 4.74. The molecule has 1 saturated heterocycles. The number of carbonyl (C=O) groups is 1. The summed E-state index contributed by atoms with van der Waals surface area (Å²) in [6.07, 6.45) is 6.41. The van der Waals surface area contributed by atoms with Crippen molar-refractivity contribution in [3.05, 3.63) is 71.8 Å². The van der Waals surface area contributed by atoms with Gasteiger partial charge in [0.25, 0.3) is 0 Å². The summed E-state index contributed by atoms with van der Waals surface area (Å²) in [5, 5.41) is 3.09. The lowest BCUT2D eigenvalue weighted by molar-refractivity contribution is -0.117. The Bertz CT molecular complexity index is 941. The topological polar surface area (TPSA) is 78.5 Å². The fraction of sp³-hybridized carbons (Fsp3) is 0.318. The Balaban J connectivity index is 1.49. The van der Waals surface area contributed by atoms with Crippen LogP contribution < -0.4 is 10.0 Å². The molecule has 0 unspecified atom stereocenters. The first-order chi connectivity index (χ1) is 13.9. The number of nitrogens with one attached hydrogen (secondary N) is 2. The van der Waals surface area contributed by atoms with Crippen molar-refractivity contribution in [2.24, 2.45) is 0 Å². The van der Waals surface area contributed by atoms with Crippen molar-refractivity contribution in [1.82, 2.24) is 10.2 Å². The van der Waals surface area contributed by atoms with Crippen LogP contribution in [0.5, 0.6) is 0 Å². The zero-order valence-electron chi connectivity index (χ0n) is 16.5. The van der Waals surface area contributed by atoms with Crippen LogP contribution in [0.15, 0.2) is 60.7 Å². The fourth-order valence-corrected chi connectivity index (χ4v) is 4.02. The number of piperidine rings is 1. The Morgan fingerprint density at radius 3 is 2.55 bits per heavy atom. The number of hydrogen-bond donors (Lipinski definition) is 2. The van der Waals surface area contributed by atoms with Crippen LogP contribution in [0.25, 0.3) is 6.08 Å². The molecular formula is C22H27N3O3S. The first-order valence-corrected chi connectivity index (χ1v) is 11.6. The number of benzene rings is 2. The molecule has 0 aromatic heterocycles. The Kier molecular flexibility index (Phi) is 7.06. The van der Waals surface area contributed by atoms with E-state index in [1.54, 1.807) is 30.3 Å². The van der Waals surface area contributed by atoms with Gasteiger partial charge in [0.05, 0.1) is 6.26 Å². The summed E-state index contributed by atoms with van der Waals surface area (Å²) >= 11 is 0. The molecule has 7 heteroatoms. The molecule has 2 aromatic rings. The van der Waals surface area contributed by atoms with Gasteiger partial charge in [0.1, 0.15) is 0 Å². The zero-order valence-corrected chi connectivity index (χ0v) is 17.4. The van der Waals surface area contributed by atoms with Gasteiger partial charge in [-0.25, -0.2) is 8.42 Å². The van der Waals surface area contributed by atoms with E-state index in [9.17, 15) is 13.2 Å². The molecule has 0 spiro atoms. The van der Waals surface area contributed by atoms with Crippen LogP contribution in [-0.4, -0.2) is 44.6 Å². The molecular weight excluding hydrogens is 386 g/mol. The first-order valence-electron chi connectivity index (χ1n) is 9.70. The van der Waals surface area contributed by atoms with Gasteiger partial charge in [-0.2, -0.15) is 0 Å². The maximum atomic E-state index is 12.3. The van der Waals surface area contributed by atoms with E-state index in [4.69, 9.17) is 0 Å². The number of likely N-dealkylation sites (tertiary alicyclic amines) is 1. The summed E-state index contributed by atoms with van der Waals surface area (Å²) in [5.41, 5.74) is 2.61. The summed E-state index contributed by atoms with van der Waals surface area (Å²) in [5.74, 6) is -0.116. The molecule has 1 heterocycles. The Labute approximate surface area is 172 Å². The number of rotatable bonds is 7. The number of anilines is 1. The van der Waals surface area contributed by atoms with Crippen LogP contribution in [0.3, 0.4) is 0 Å². The van der Waals surface area contributed by atoms with E-state index in [0.717, 1.165) is 44.3 Å². The molecule has 29 heavy (non-hydrogen) atoms. The van der Waals surface area contributed by atoms with E-state index < -0.39 is 10.0 Å². The predicted molar refractivity (Wildman–Crippen MR) is 117 cm³/mol. The number of nitrogens with zero attached hydrogens (tertiary/aromatic N) is 1. The highest BCUT2D eigenvalue weighted by Gasteiger charge is 2.20. The fourth-order valence-electron chi connectivity index (χ4n) is 3.46. The van der Waals surface area contributed by atoms with Crippen LogP contribution in [0, 0.1) is 0 Å². The van der Waals surface area contributed by atoms with Crippen molar-refractivity contribution >= 4 is 27.7 Å². The van der Waals surface area contributed by atoms with Gasteiger partial charge in [0.2, 0.25) is 15.9 Å². The van der Waals surface area contributed by atoms with Gasteiger partial charge in [-0.05, 0) is 48.7 Å². The molecule has 154 valence electrons. The zero-order chi connectivity index (χ0) is 20.7. The predicted octanol–water partition coefficient (Wildman–Crippen LogP) is 2.85. The maximum absolute atomic E-state index is 12.3. The molecule has 0 radical (unpaired) electrons. The van der Waals surface area contributed by atoms with Gasteiger partial charge in [-0.15, -0.1) is 0 Å². The highest BCUT2D eigenvalue weighted by molar-refractivity contribution is 7.92. The number of carbonyl (C=O) groups excluding carboxylic acids is 1. The van der Waals surface area contributed by atoms with E-state index in [1.165, 1.54) is 11.6 Å². The van der Waals surface area contributed by atoms with E-state index in [0.29, 0.717) is 5.69 Å². The van der Waals surface area contributed by atoms with Crippen LogP contribution in [-0.2, 0) is 21.4 Å². The summed E-state index contributed by atoms with van der Waals surface area (Å²) in [6.45, 7) is 2.79. The van der Waals surface area contributed by atoms with Gasteiger partial charge in [0, 0.05) is 30.9 Å². The normalized spacial score (nSPS) is 17.9. The van der Waals surface area contributed by atoms with Crippen molar-refractivity contribution in [2.75, 3.05) is 24.1 Å². The van der Waals surface area contributed by atoms with Gasteiger partial charge in [0.15, 0.2) is 0 Å². The molecule has 1 amide bonds. The van der Waals surface area contributed by atoms with E-state index >= 15 is 0 Å². The summed E-state index contributed by atoms with van der Waals surface area (Å²) in [6, 6.07) is 17.4. The molecule has 1 fully saturated rings. The van der Waals surface area contributed by atoms with Gasteiger partial charge < -0.3 is 5.32 Å². The standard InChI is InChI=1S/C22H27N3O3S/c1-29(27,28)24-20-12-9-18(10-13-20)11-14-22(26)23-21-8-5-15-25(17-21)16-19-6-3-2-4-7-19/h2-4,6-7,9-14,21,24H,5,8,15-17H2,1H3,(H,23,26)/b14-11+/t21-/m0/s1. The van der Waals surface area contributed by atoms with Crippen molar-refractivity contribution in [2.45, 2.75) is 25.4 Å². The van der Waals surface area contributed by atoms with Crippen LogP contribution in [0.1, 0.15) is 24.0 Å². The average molecular weight is 414 g/mol. The van der Waals surface area contributed by atoms with E-state index in [1.807, 2.05) is 18.2 Å². The molecule has 0 aliphatic carbocycles. The largest absolute Gasteiger partial charge is 0.349 e. The maximum Gasteiger partial charge on any atom is 0.244 e. The highest BCUT2D eigenvalue weighted by atomic mass is 32.2. The minimum atomic E-state index is -3.29. The summed E-state index contributed by atoms with van der Waals surface area (Å²) in [4.78, 5) is 14.7. The molecule has 2 aromatic carbocycles. The molecule has 1 atom stereocenters. The average Bonchev–Trinajstić information content (AvgIpc) is 2.67. The van der Waals surface area contributed by atoms with E-state index in [-0.39, 0.29) is 11.9 Å². The number of sulfonamides is 1. The molecule has 0 bridgehead atoms. The third kappa shape index (κ3) is 7.36. The number of hydrogen-bond acceptors (Lipinski definition) is 4. The quantitative estimate of drug-likeness (QED) is 0.684. The molecule has 0 saturated carbocycles. The van der Waals surface area contributed by atoms with Gasteiger partial charge in [-0.3, -0.25) is 14.4 Å². The second kappa shape index (κ2) is 9.71. The lowest BCUT2D eigenvalue weighted by atomic mass is 10.0. The monoisotopic (exact) mass is 413 g/mol. The first kappa shape index (κ1) is 21.1. The summed E-state index contributed by atoms with van der Waals surface area (Å²) < 4.78 is 24.9. The Morgan fingerprint density at radius 1 is 1.14 bits per heavy atom. The van der Waals surface area contributed by atoms with Crippen LogP contribution in [0.4, 0.5) is 5.69 Å². The van der Waals surface area contributed by atoms with Crippen molar-refractivity contribution in [3.8, 4) is 0 Å². The lowest BCUT2D eigenvalue weighted by Crippen LogP contribution is -2.46. The smallest absolute Gasteiger partial charge is 0.244 e. The van der Waals surface area contributed by atoms with Gasteiger partial charge in [-0.1, -0.05) is 42.5 Å². The molecule has 3 rings (SSSR count). The second-order valence-corrected chi connectivity index (χ2v) is 9.15. The highest BCUT2D eigenvalue weighted by Crippen LogP contribution is 2.14. The van der Waals surface area contributed by atoms with Crippen molar-refractivity contribution in [3.63, 3.8) is 0 Å². The molecule has 6 nitrogen and oxygen atoms in total. The number of amides is 1. The van der Waals surface area contributed by atoms with Crippen LogP contribution >= 0.6 is 0 Å². The Hall–Kier alpha value is -2.64. The Morgan fingerprint density at radius 2 is 1.86 bits per heavy atom. The van der Waals surface area contributed by atoms with Crippen LogP contribution in [0.2, 0.25) is 0 Å². The van der Waals surface area contributed by atoms with E-state index in [2.05, 4.69) is 27.1 Å². The summed E-state index contributed by atoms with van der Waals surface area (Å²) in [7, 11) is -3.29. The third-order valence-corrected chi connectivity index (χ3v) is 5.35. The lowest BCUT2D eigenvalue weighted by Gasteiger charge is -2.33. The second-order valence-electron chi connectivity index (χ2n) is 7.40. The molecule has 2 N–H and O–H groups in total. The van der Waals surface area contributed by atoms with Crippen molar-refractivity contribution in [1.29, 1.82) is 0 Å². The SMILES string of the molecule is CS(=O)(=O)Nc1ccc(/C=C/C(=O)N[C@H]2CCCN(Cc3ccccc3)C2)cc1.